The molecule has 7 heavy (non-hydrogen) atoms. The number of thioether (sulfide) groups is 1. The molecular weight excluding hydrogens is 128 g/mol. The van der Waals surface area contributed by atoms with Gasteiger partial charge in [-0.15, -0.1) is 0 Å². The lowest BCUT2D eigenvalue weighted by atomic mass is 11.0. The predicted molar refractivity (Wildman–Crippen MR) is 35.2 cm³/mol. The van der Waals surface area contributed by atoms with Crippen molar-refractivity contribution in [2.75, 3.05) is 23.0 Å². The van der Waals surface area contributed by atoms with E-state index in [1.54, 1.807) is 0 Å². The van der Waals surface area contributed by atoms with Crippen molar-refractivity contribution < 1.29 is 4.21 Å². The van der Waals surface area contributed by atoms with Crippen molar-refractivity contribution in [1.29, 1.82) is 0 Å². The van der Waals surface area contributed by atoms with E-state index in [1.807, 2.05) is 11.8 Å². The van der Waals surface area contributed by atoms with E-state index in [4.69, 9.17) is 0 Å². The fourth-order valence-electron chi connectivity index (χ4n) is 0.0340. The zero-order valence-electron chi connectivity index (χ0n) is 4.05. The van der Waals surface area contributed by atoms with Crippen LogP contribution in [-0.2, 0) is 10.8 Å². The van der Waals surface area contributed by atoms with Gasteiger partial charge < -0.3 is 0 Å². The van der Waals surface area contributed by atoms with Gasteiger partial charge in [-0.1, -0.05) is 0 Å². The molecule has 0 aromatic rings. The van der Waals surface area contributed by atoms with Gasteiger partial charge in [-0.3, -0.25) is 4.21 Å². The SMILES string of the molecule is C1CS1.O=S1CC1. The third kappa shape index (κ3) is 6.50. The fourth-order valence-corrected chi connectivity index (χ4v) is 0.306. The minimum Gasteiger partial charge on any atom is -0.260 e. The molecule has 2 aliphatic heterocycles. The number of hydrogen-bond acceptors (Lipinski definition) is 2. The Balaban J connectivity index is 0.0000000729. The van der Waals surface area contributed by atoms with E-state index in [-0.39, 0.29) is 10.8 Å². The molecule has 0 amide bonds. The molecule has 0 N–H and O–H groups in total. The van der Waals surface area contributed by atoms with Crippen molar-refractivity contribution in [3.63, 3.8) is 0 Å². The zero-order valence-corrected chi connectivity index (χ0v) is 5.69. The van der Waals surface area contributed by atoms with E-state index in [0.29, 0.717) is 0 Å². The van der Waals surface area contributed by atoms with E-state index in [0.717, 1.165) is 11.5 Å². The molecule has 0 atom stereocenters. The quantitative estimate of drug-likeness (QED) is 0.451. The Labute approximate surface area is 50.3 Å². The molecule has 0 bridgehead atoms. The second kappa shape index (κ2) is 2.72. The maximum Gasteiger partial charge on any atom is 0.0350 e. The van der Waals surface area contributed by atoms with Crippen LogP contribution >= 0.6 is 11.8 Å². The molecule has 2 fully saturated rings. The Morgan fingerprint density at radius 2 is 1.57 bits per heavy atom. The summed E-state index contributed by atoms with van der Waals surface area (Å²) < 4.78 is 9.67. The summed E-state index contributed by atoms with van der Waals surface area (Å²) in [6, 6.07) is 0. The second-order valence-electron chi connectivity index (χ2n) is 1.46. The number of rotatable bonds is 0. The molecular formula is C4H8OS2. The number of hydrogen-bond donors (Lipinski definition) is 0. The Morgan fingerprint density at radius 3 is 1.57 bits per heavy atom. The molecule has 1 nitrogen and oxygen atoms in total. The van der Waals surface area contributed by atoms with Gasteiger partial charge in [0.1, 0.15) is 0 Å². The summed E-state index contributed by atoms with van der Waals surface area (Å²) in [5.41, 5.74) is 0. The molecule has 0 aromatic carbocycles. The zero-order chi connectivity index (χ0) is 5.11. The molecule has 0 aromatic heterocycles. The maximum absolute atomic E-state index is 9.67. The molecule has 0 aliphatic carbocycles. The van der Waals surface area contributed by atoms with Crippen molar-refractivity contribution in [2.24, 2.45) is 0 Å². The first-order chi connectivity index (χ1) is 3.39. The fraction of sp³-hybridized carbons (Fsp3) is 1.00. The van der Waals surface area contributed by atoms with E-state index in [1.165, 1.54) is 11.5 Å². The van der Waals surface area contributed by atoms with Crippen molar-refractivity contribution in [1.82, 2.24) is 0 Å². The van der Waals surface area contributed by atoms with Crippen molar-refractivity contribution >= 4 is 22.6 Å². The van der Waals surface area contributed by atoms with Crippen LogP contribution in [0.5, 0.6) is 0 Å². The molecule has 0 saturated carbocycles. The summed E-state index contributed by atoms with van der Waals surface area (Å²) >= 11 is 2.00. The van der Waals surface area contributed by atoms with Gasteiger partial charge in [0.15, 0.2) is 0 Å². The first-order valence-electron chi connectivity index (χ1n) is 2.32. The second-order valence-corrected chi connectivity index (χ2v) is 4.38. The van der Waals surface area contributed by atoms with Gasteiger partial charge in [0, 0.05) is 33.8 Å². The maximum atomic E-state index is 9.67. The highest BCUT2D eigenvalue weighted by molar-refractivity contribution is 8.06. The summed E-state index contributed by atoms with van der Waals surface area (Å²) in [4.78, 5) is 0. The van der Waals surface area contributed by atoms with Gasteiger partial charge in [0.25, 0.3) is 0 Å². The molecule has 0 radical (unpaired) electrons. The van der Waals surface area contributed by atoms with Crippen LogP contribution in [-0.4, -0.2) is 27.2 Å². The average Bonchev–Trinajstić information content (AvgIpc) is 2.27. The van der Waals surface area contributed by atoms with Gasteiger partial charge in [-0.2, -0.15) is 11.8 Å². The van der Waals surface area contributed by atoms with Gasteiger partial charge in [0.05, 0.1) is 0 Å². The summed E-state index contributed by atoms with van der Waals surface area (Å²) in [5, 5.41) is 0. The van der Waals surface area contributed by atoms with Crippen LogP contribution in [0.2, 0.25) is 0 Å². The van der Waals surface area contributed by atoms with E-state index < -0.39 is 0 Å². The Hall–Kier alpha value is 0.500. The first-order valence-corrected chi connectivity index (χ1v) is 4.96. The summed E-state index contributed by atoms with van der Waals surface area (Å²) in [5.74, 6) is 4.75. The van der Waals surface area contributed by atoms with E-state index in [2.05, 4.69) is 0 Å². The smallest absolute Gasteiger partial charge is 0.0350 e. The largest absolute Gasteiger partial charge is 0.260 e. The average molecular weight is 136 g/mol. The standard InChI is InChI=1S/C2H4OS.C2H4S/c3-4-1-2-4;1-2-3-1/h1-2H2;1-2H2. The van der Waals surface area contributed by atoms with Crippen LogP contribution in [0.15, 0.2) is 0 Å². The Kier molecular flexibility index (Phi) is 2.19. The van der Waals surface area contributed by atoms with E-state index in [9.17, 15) is 4.21 Å². The van der Waals surface area contributed by atoms with Crippen molar-refractivity contribution in [2.45, 2.75) is 0 Å². The molecule has 0 spiro atoms. The van der Waals surface area contributed by atoms with Gasteiger partial charge in [-0.25, -0.2) is 0 Å². The lowest BCUT2D eigenvalue weighted by Gasteiger charge is -1.31. The summed E-state index contributed by atoms with van der Waals surface area (Å²) in [7, 11) is -0.361. The minimum atomic E-state index is -0.361. The summed E-state index contributed by atoms with van der Waals surface area (Å²) in [6.07, 6.45) is 0. The van der Waals surface area contributed by atoms with Crippen LogP contribution in [0.3, 0.4) is 0 Å². The lowest BCUT2D eigenvalue weighted by molar-refractivity contribution is 0.694. The molecule has 0 unspecified atom stereocenters. The molecule has 3 heteroatoms. The van der Waals surface area contributed by atoms with Gasteiger partial charge in [-0.05, 0) is 0 Å². The van der Waals surface area contributed by atoms with Crippen LogP contribution < -0.4 is 0 Å². The highest BCUT2D eigenvalue weighted by atomic mass is 32.2. The summed E-state index contributed by atoms with van der Waals surface area (Å²) in [6.45, 7) is 0. The molecule has 2 aliphatic rings. The topological polar surface area (TPSA) is 17.1 Å². The van der Waals surface area contributed by atoms with Crippen LogP contribution in [0.1, 0.15) is 0 Å². The minimum absolute atomic E-state index is 0.361. The first kappa shape index (κ1) is 5.63. The van der Waals surface area contributed by atoms with Gasteiger partial charge >= 0.3 is 0 Å². The third-order valence-electron chi connectivity index (χ3n) is 0.575. The van der Waals surface area contributed by atoms with Crippen LogP contribution in [0.4, 0.5) is 0 Å². The molecule has 2 rings (SSSR count). The monoisotopic (exact) mass is 136 g/mol. The van der Waals surface area contributed by atoms with Crippen LogP contribution in [0, 0.1) is 0 Å². The Morgan fingerprint density at radius 1 is 1.29 bits per heavy atom. The Bertz CT molecular complexity index is 71.0. The highest BCUT2D eigenvalue weighted by Crippen LogP contribution is 2.14. The van der Waals surface area contributed by atoms with Crippen molar-refractivity contribution in [3.05, 3.63) is 0 Å². The van der Waals surface area contributed by atoms with E-state index >= 15 is 0 Å². The van der Waals surface area contributed by atoms with Crippen LogP contribution in [0.25, 0.3) is 0 Å². The predicted octanol–water partition coefficient (Wildman–Crippen LogP) is 0.482. The van der Waals surface area contributed by atoms with Crippen molar-refractivity contribution in [3.8, 4) is 0 Å². The molecule has 2 saturated heterocycles. The molecule has 42 valence electrons. The third-order valence-corrected chi connectivity index (χ3v) is 1.72. The van der Waals surface area contributed by atoms with Gasteiger partial charge in [0.2, 0.25) is 0 Å². The molecule has 2 heterocycles. The highest BCUT2D eigenvalue weighted by Gasteiger charge is 2.10. The normalized spacial score (nSPS) is 25.1. The lowest BCUT2D eigenvalue weighted by Crippen LogP contribution is -1.39.